The molecule has 3 atom stereocenters. The molecule has 1 fully saturated rings. The number of nitrogens with two attached hydrogens (primary N) is 1. The number of fused-ring (bicyclic) bond motifs is 1. The summed E-state index contributed by atoms with van der Waals surface area (Å²) in [6, 6.07) is 19.1. The number of nitrogens with zero attached hydrogens (tertiary/aromatic N) is 7. The van der Waals surface area contributed by atoms with Crippen LogP contribution < -0.4 is 16.4 Å². The van der Waals surface area contributed by atoms with E-state index >= 15 is 0 Å². The first kappa shape index (κ1) is 41.6. The standard InChI is InChI=1S/C40H40N10O8S2/c1-40(2,3)58-36(54)24-15-16-26(27(41)17-24)29(44-38(56)49-18-28(51)42-21-49)33(52)43-30-34(53)50-31(25(19-59-35(30)50)20-60-39-45-46-47-48(39)4)37(55)57-32(22-11-7-5-8-12-22)23-13-9-6-10-14-23/h5-17,21,29-30,32,35H,18-20,41H2,1-4H3,(H,43,52)(H,44,56)/t29-,30-,35-/m1/s1. The van der Waals surface area contributed by atoms with Crippen molar-refractivity contribution in [3.63, 3.8) is 0 Å². The molecule has 310 valence electrons. The molecule has 0 aliphatic carbocycles. The van der Waals surface area contributed by atoms with Crippen LogP contribution in [0.15, 0.2) is 100 Å². The van der Waals surface area contributed by atoms with Gasteiger partial charge in [-0.1, -0.05) is 78.5 Å². The first-order valence-electron chi connectivity index (χ1n) is 18.6. The zero-order chi connectivity index (χ0) is 42.7. The van der Waals surface area contributed by atoms with Gasteiger partial charge in [-0.05, 0) is 60.0 Å². The molecule has 18 nitrogen and oxygen atoms in total. The molecular weight excluding hydrogens is 813 g/mol. The van der Waals surface area contributed by atoms with Crippen molar-refractivity contribution in [3.8, 4) is 0 Å². The number of benzene rings is 3. The van der Waals surface area contributed by atoms with Gasteiger partial charge in [-0.2, -0.15) is 0 Å². The van der Waals surface area contributed by atoms with Gasteiger partial charge in [0.25, 0.3) is 11.8 Å². The minimum absolute atomic E-state index is 0.0295. The fourth-order valence-corrected chi connectivity index (χ4v) is 8.87. The van der Waals surface area contributed by atoms with Crippen LogP contribution in [0.2, 0.25) is 0 Å². The third-order valence-corrected chi connectivity index (χ3v) is 11.8. The van der Waals surface area contributed by atoms with Crippen molar-refractivity contribution in [1.82, 2.24) is 40.6 Å². The summed E-state index contributed by atoms with van der Waals surface area (Å²) in [7, 11) is 1.69. The van der Waals surface area contributed by atoms with Gasteiger partial charge in [0.15, 0.2) is 6.10 Å². The van der Waals surface area contributed by atoms with Crippen LogP contribution >= 0.6 is 23.5 Å². The normalized spacial score (nSPS) is 17.9. The number of rotatable bonds is 12. The summed E-state index contributed by atoms with van der Waals surface area (Å²) in [5, 5.41) is 16.7. The zero-order valence-electron chi connectivity index (χ0n) is 32.8. The number of hydrogen-bond acceptors (Lipinski definition) is 14. The predicted molar refractivity (Wildman–Crippen MR) is 220 cm³/mol. The van der Waals surface area contributed by atoms with E-state index in [2.05, 4.69) is 31.2 Å². The lowest BCUT2D eigenvalue weighted by atomic mass is 9.99. The number of aryl methyl sites for hydroxylation is 1. The molecule has 1 aromatic heterocycles. The van der Waals surface area contributed by atoms with Gasteiger partial charge in [-0.15, -0.1) is 16.9 Å². The number of aliphatic imine (C=N–C) groups is 1. The van der Waals surface area contributed by atoms with Crippen LogP contribution in [0.25, 0.3) is 0 Å². The highest BCUT2D eigenvalue weighted by Crippen LogP contribution is 2.43. The third kappa shape index (κ3) is 9.03. The molecule has 60 heavy (non-hydrogen) atoms. The summed E-state index contributed by atoms with van der Waals surface area (Å²) in [6.45, 7) is 4.79. The van der Waals surface area contributed by atoms with E-state index in [1.54, 1.807) is 27.8 Å². The number of amides is 5. The minimum atomic E-state index is -1.51. The van der Waals surface area contributed by atoms with E-state index in [4.69, 9.17) is 15.2 Å². The van der Waals surface area contributed by atoms with Crippen molar-refractivity contribution in [2.24, 2.45) is 12.0 Å². The van der Waals surface area contributed by atoms with Crippen LogP contribution in [0.4, 0.5) is 10.5 Å². The van der Waals surface area contributed by atoms with Gasteiger partial charge in [0.2, 0.25) is 11.1 Å². The molecule has 4 N–H and O–H groups in total. The molecule has 0 radical (unpaired) electrons. The average molecular weight is 853 g/mol. The number of aromatic nitrogens is 4. The Bertz CT molecular complexity index is 2360. The molecule has 4 aromatic rings. The van der Waals surface area contributed by atoms with Gasteiger partial charge in [0.05, 0.1) is 5.56 Å². The van der Waals surface area contributed by atoms with Gasteiger partial charge in [0, 0.05) is 29.8 Å². The first-order valence-corrected chi connectivity index (χ1v) is 20.6. The van der Waals surface area contributed by atoms with Crippen molar-refractivity contribution >= 4 is 71.2 Å². The molecule has 20 heteroatoms. The molecule has 3 aliphatic heterocycles. The van der Waals surface area contributed by atoms with Crippen LogP contribution in [-0.4, -0.2) is 107 Å². The summed E-state index contributed by atoms with van der Waals surface area (Å²) in [5.41, 5.74) is 7.86. The fourth-order valence-electron chi connectivity index (χ4n) is 6.54. The number of hydrogen-bond donors (Lipinski definition) is 3. The maximum Gasteiger partial charge on any atom is 0.356 e. The second kappa shape index (κ2) is 17.4. The molecular formula is C40H40N10O8S2. The predicted octanol–water partition coefficient (Wildman–Crippen LogP) is 3.15. The Balaban J connectivity index is 1.16. The molecule has 5 amide bonds. The molecule has 0 saturated carbocycles. The zero-order valence-corrected chi connectivity index (χ0v) is 34.4. The Labute approximate surface area is 352 Å². The smallest absolute Gasteiger partial charge is 0.356 e. The molecule has 0 spiro atoms. The molecule has 7 rings (SSSR count). The number of tetrazole rings is 1. The Hall–Kier alpha value is -6.54. The number of nitrogens with one attached hydrogen (secondary N) is 2. The van der Waals surface area contributed by atoms with Crippen LogP contribution in [0.1, 0.15) is 60.0 Å². The topological polar surface area (TPSA) is 233 Å². The summed E-state index contributed by atoms with van der Waals surface area (Å²) in [5.74, 6) is -2.84. The molecule has 0 bridgehead atoms. The maximum atomic E-state index is 14.5. The van der Waals surface area contributed by atoms with E-state index in [0.717, 1.165) is 22.4 Å². The van der Waals surface area contributed by atoms with Gasteiger partial charge >= 0.3 is 18.0 Å². The highest BCUT2D eigenvalue weighted by Gasteiger charge is 2.55. The summed E-state index contributed by atoms with van der Waals surface area (Å²) >= 11 is 2.61. The first-order chi connectivity index (χ1) is 28.7. The lowest BCUT2D eigenvalue weighted by Crippen LogP contribution is -2.71. The quantitative estimate of drug-likeness (QED) is 0.0805. The van der Waals surface area contributed by atoms with E-state index in [1.165, 1.54) is 51.3 Å². The molecule has 1 saturated heterocycles. The lowest BCUT2D eigenvalue weighted by molar-refractivity contribution is -0.154. The third-order valence-electron chi connectivity index (χ3n) is 9.39. The summed E-state index contributed by atoms with van der Waals surface area (Å²) < 4.78 is 13.2. The van der Waals surface area contributed by atoms with Crippen LogP contribution in [0.5, 0.6) is 0 Å². The lowest BCUT2D eigenvalue weighted by Gasteiger charge is -2.50. The fraction of sp³-hybridized carbons (Fsp3) is 0.300. The van der Waals surface area contributed by atoms with Gasteiger partial charge < -0.3 is 25.8 Å². The largest absolute Gasteiger partial charge is 0.456 e. The monoisotopic (exact) mass is 852 g/mol. The van der Waals surface area contributed by atoms with Gasteiger partial charge in [-0.25, -0.2) is 24.1 Å². The van der Waals surface area contributed by atoms with Crippen molar-refractivity contribution in [3.05, 3.63) is 112 Å². The highest BCUT2D eigenvalue weighted by molar-refractivity contribution is 8.01. The van der Waals surface area contributed by atoms with E-state index in [9.17, 15) is 28.8 Å². The van der Waals surface area contributed by atoms with Crippen molar-refractivity contribution in [2.75, 3.05) is 23.8 Å². The molecule has 3 aliphatic rings. The average Bonchev–Trinajstić information content (AvgIpc) is 3.86. The van der Waals surface area contributed by atoms with Crippen molar-refractivity contribution in [2.45, 2.75) is 55.1 Å². The second-order valence-corrected chi connectivity index (χ2v) is 16.9. The van der Waals surface area contributed by atoms with Crippen molar-refractivity contribution in [1.29, 1.82) is 0 Å². The Morgan fingerprint density at radius 2 is 1.67 bits per heavy atom. The number of esters is 2. The summed E-state index contributed by atoms with van der Waals surface area (Å²) in [6.07, 6.45) is 0.230. The van der Waals surface area contributed by atoms with E-state index < -0.39 is 64.9 Å². The highest BCUT2D eigenvalue weighted by atomic mass is 32.2. The Kier molecular flexibility index (Phi) is 12.0. The van der Waals surface area contributed by atoms with Gasteiger partial charge in [-0.3, -0.25) is 24.2 Å². The second-order valence-electron chi connectivity index (χ2n) is 14.8. The number of urea groups is 1. The Morgan fingerprint density at radius 1 is 0.983 bits per heavy atom. The number of ether oxygens (including phenoxy) is 2. The number of nitrogen functional groups attached to an aromatic ring is 1. The summed E-state index contributed by atoms with van der Waals surface area (Å²) in [4.78, 5) is 86.8. The number of anilines is 1. The van der Waals surface area contributed by atoms with Crippen LogP contribution in [0, 0.1) is 0 Å². The van der Waals surface area contributed by atoms with Crippen molar-refractivity contribution < 1.29 is 38.2 Å². The Morgan fingerprint density at radius 3 is 2.25 bits per heavy atom. The SMILES string of the molecule is Cn1nnnc1SCC1=C(C(=O)OC(c2ccccc2)c2ccccc2)N2C(=O)[C@@H](NC(=O)[C@H](NC(=O)N3C=NC(=O)C3)c3ccc(C(=O)OC(C)(C)C)cc3N)[C@H]2SC1. The van der Waals surface area contributed by atoms with Crippen LogP contribution in [0.3, 0.4) is 0 Å². The van der Waals surface area contributed by atoms with Crippen LogP contribution in [-0.2, 0) is 35.7 Å². The number of thioether (sulfide) groups is 2. The molecule has 0 unspecified atom stereocenters. The van der Waals surface area contributed by atoms with E-state index in [0.29, 0.717) is 10.7 Å². The number of β-lactam (4-membered cyclic amide) rings is 1. The van der Waals surface area contributed by atoms with E-state index in [1.807, 2.05) is 60.7 Å². The molecule has 4 heterocycles. The number of carbonyl (C=O) groups excluding carboxylic acids is 6. The molecule has 3 aromatic carbocycles. The van der Waals surface area contributed by atoms with E-state index in [-0.39, 0.29) is 40.6 Å². The maximum absolute atomic E-state index is 14.5. The number of carbonyl (C=O) groups is 6. The minimum Gasteiger partial charge on any atom is -0.456 e. The van der Waals surface area contributed by atoms with Gasteiger partial charge in [0.1, 0.15) is 41.6 Å².